The van der Waals surface area contributed by atoms with E-state index in [1.54, 1.807) is 17.4 Å². The van der Waals surface area contributed by atoms with Gasteiger partial charge in [-0.25, -0.2) is 9.37 Å². The van der Waals surface area contributed by atoms with E-state index in [0.29, 0.717) is 5.69 Å². The first-order chi connectivity index (χ1) is 11.6. The summed E-state index contributed by atoms with van der Waals surface area (Å²) in [5.74, 6) is -0.141. The molecule has 2 heterocycles. The van der Waals surface area contributed by atoms with E-state index >= 15 is 0 Å². The number of piperazine rings is 1. The normalized spacial score (nSPS) is 15.3. The van der Waals surface area contributed by atoms with Gasteiger partial charge in [0.05, 0.1) is 15.9 Å². The zero-order valence-corrected chi connectivity index (χ0v) is 14.7. The molecule has 2 aromatic carbocycles. The minimum atomic E-state index is -0.141. The van der Waals surface area contributed by atoms with Gasteiger partial charge in [0.25, 0.3) is 0 Å². The smallest absolute Gasteiger partial charge is 0.186 e. The van der Waals surface area contributed by atoms with E-state index in [0.717, 1.165) is 36.8 Å². The number of para-hydroxylation sites is 1. The third-order valence-corrected chi connectivity index (χ3v) is 5.93. The Balaban J connectivity index is 1.55. The van der Waals surface area contributed by atoms with Crippen LogP contribution in [0, 0.1) is 19.7 Å². The molecule has 1 aliphatic heterocycles. The zero-order valence-electron chi connectivity index (χ0n) is 13.9. The fourth-order valence-corrected chi connectivity index (χ4v) is 4.39. The summed E-state index contributed by atoms with van der Waals surface area (Å²) in [6.07, 6.45) is 0. The van der Waals surface area contributed by atoms with Crippen LogP contribution in [0.25, 0.3) is 10.2 Å². The lowest BCUT2D eigenvalue weighted by atomic mass is 10.1. The molecule has 0 bridgehead atoms. The average Bonchev–Trinajstić information content (AvgIpc) is 3.06. The maximum atomic E-state index is 14.0. The molecule has 0 radical (unpaired) electrons. The van der Waals surface area contributed by atoms with Gasteiger partial charge in [0.15, 0.2) is 5.13 Å². The minimum Gasteiger partial charge on any atom is -0.366 e. The maximum absolute atomic E-state index is 14.0. The molecular formula is C19H20FN3S. The second kappa shape index (κ2) is 6.06. The largest absolute Gasteiger partial charge is 0.366 e. The van der Waals surface area contributed by atoms with Crippen LogP contribution in [-0.4, -0.2) is 31.2 Å². The Labute approximate surface area is 145 Å². The summed E-state index contributed by atoms with van der Waals surface area (Å²) in [4.78, 5) is 9.30. The van der Waals surface area contributed by atoms with Gasteiger partial charge in [0.2, 0.25) is 0 Å². The van der Waals surface area contributed by atoms with E-state index in [2.05, 4.69) is 35.8 Å². The lowest BCUT2D eigenvalue weighted by molar-refractivity contribution is 0.597. The van der Waals surface area contributed by atoms with Crippen molar-refractivity contribution in [1.82, 2.24) is 4.98 Å². The molecule has 0 saturated carbocycles. The van der Waals surface area contributed by atoms with E-state index in [9.17, 15) is 4.39 Å². The predicted molar refractivity (Wildman–Crippen MR) is 99.9 cm³/mol. The zero-order chi connectivity index (χ0) is 16.7. The summed E-state index contributed by atoms with van der Waals surface area (Å²) >= 11 is 1.77. The molecule has 1 saturated heterocycles. The van der Waals surface area contributed by atoms with Gasteiger partial charge in [-0.2, -0.15) is 0 Å². The molecule has 5 heteroatoms. The van der Waals surface area contributed by atoms with Crippen molar-refractivity contribution in [2.24, 2.45) is 0 Å². The fraction of sp³-hybridized carbons (Fsp3) is 0.316. The highest BCUT2D eigenvalue weighted by Crippen LogP contribution is 2.33. The van der Waals surface area contributed by atoms with Crippen molar-refractivity contribution in [2.75, 3.05) is 36.0 Å². The number of benzene rings is 2. The second-order valence-corrected chi connectivity index (χ2v) is 7.28. The van der Waals surface area contributed by atoms with Crippen LogP contribution >= 0.6 is 11.3 Å². The van der Waals surface area contributed by atoms with E-state index in [1.165, 1.54) is 21.9 Å². The molecule has 0 spiro atoms. The molecule has 4 rings (SSSR count). The van der Waals surface area contributed by atoms with Crippen LogP contribution in [0.15, 0.2) is 36.4 Å². The van der Waals surface area contributed by atoms with Crippen molar-refractivity contribution in [2.45, 2.75) is 13.8 Å². The summed E-state index contributed by atoms with van der Waals surface area (Å²) < 4.78 is 15.2. The SMILES string of the molecule is Cc1ccc(C)c2sc(N3CCN(c4ccccc4F)CC3)nc12. The molecular weight excluding hydrogens is 321 g/mol. The summed E-state index contributed by atoms with van der Waals surface area (Å²) in [6.45, 7) is 7.61. The van der Waals surface area contributed by atoms with Gasteiger partial charge in [0.1, 0.15) is 5.82 Å². The van der Waals surface area contributed by atoms with Crippen LogP contribution in [0.4, 0.5) is 15.2 Å². The molecule has 1 aliphatic rings. The van der Waals surface area contributed by atoms with Crippen LogP contribution in [-0.2, 0) is 0 Å². The number of halogens is 1. The minimum absolute atomic E-state index is 0.141. The monoisotopic (exact) mass is 341 g/mol. The molecule has 24 heavy (non-hydrogen) atoms. The van der Waals surface area contributed by atoms with Crippen LogP contribution in [0.2, 0.25) is 0 Å². The number of aryl methyl sites for hydroxylation is 2. The van der Waals surface area contributed by atoms with Crippen molar-refractivity contribution >= 4 is 32.4 Å². The van der Waals surface area contributed by atoms with Gasteiger partial charge >= 0.3 is 0 Å². The maximum Gasteiger partial charge on any atom is 0.186 e. The van der Waals surface area contributed by atoms with E-state index in [1.807, 2.05) is 12.1 Å². The van der Waals surface area contributed by atoms with Crippen molar-refractivity contribution < 1.29 is 4.39 Å². The standard InChI is InChI=1S/C19H20FN3S/c1-13-7-8-14(2)18-17(13)21-19(24-18)23-11-9-22(10-12-23)16-6-4-3-5-15(16)20/h3-8H,9-12H2,1-2H3. The molecule has 0 unspecified atom stereocenters. The second-order valence-electron chi connectivity index (χ2n) is 6.30. The molecule has 1 fully saturated rings. The molecule has 0 aliphatic carbocycles. The quantitative estimate of drug-likeness (QED) is 0.689. The Hall–Kier alpha value is -2.14. The van der Waals surface area contributed by atoms with Gasteiger partial charge in [-0.15, -0.1) is 0 Å². The number of nitrogens with zero attached hydrogens (tertiary/aromatic N) is 3. The van der Waals surface area contributed by atoms with Gasteiger partial charge in [-0.1, -0.05) is 35.6 Å². The first kappa shape index (κ1) is 15.4. The van der Waals surface area contributed by atoms with Crippen LogP contribution < -0.4 is 9.80 Å². The highest BCUT2D eigenvalue weighted by Gasteiger charge is 2.22. The lowest BCUT2D eigenvalue weighted by Gasteiger charge is -2.36. The van der Waals surface area contributed by atoms with Crippen molar-refractivity contribution in [1.29, 1.82) is 0 Å². The average molecular weight is 341 g/mol. The summed E-state index contributed by atoms with van der Waals surface area (Å²) in [7, 11) is 0. The Bertz CT molecular complexity index is 842. The summed E-state index contributed by atoms with van der Waals surface area (Å²) in [6, 6.07) is 11.3. The molecule has 0 N–H and O–H groups in total. The number of rotatable bonds is 2. The van der Waals surface area contributed by atoms with Gasteiger partial charge in [-0.3, -0.25) is 0 Å². The van der Waals surface area contributed by atoms with Crippen LogP contribution in [0.5, 0.6) is 0 Å². The first-order valence-corrected chi connectivity index (χ1v) is 9.06. The van der Waals surface area contributed by atoms with Gasteiger partial charge < -0.3 is 9.80 Å². The van der Waals surface area contributed by atoms with E-state index in [4.69, 9.17) is 4.98 Å². The van der Waals surface area contributed by atoms with Crippen molar-refractivity contribution in [3.05, 3.63) is 53.3 Å². The Morgan fingerprint density at radius 2 is 1.58 bits per heavy atom. The first-order valence-electron chi connectivity index (χ1n) is 8.24. The van der Waals surface area contributed by atoms with Gasteiger partial charge in [0, 0.05) is 26.2 Å². The highest BCUT2D eigenvalue weighted by molar-refractivity contribution is 7.22. The van der Waals surface area contributed by atoms with Gasteiger partial charge in [-0.05, 0) is 37.1 Å². The molecule has 0 atom stereocenters. The third kappa shape index (κ3) is 2.63. The fourth-order valence-electron chi connectivity index (χ4n) is 3.23. The molecule has 1 aromatic heterocycles. The lowest BCUT2D eigenvalue weighted by Crippen LogP contribution is -2.46. The van der Waals surface area contributed by atoms with Crippen LogP contribution in [0.3, 0.4) is 0 Å². The Morgan fingerprint density at radius 3 is 2.29 bits per heavy atom. The third-order valence-electron chi connectivity index (χ3n) is 4.67. The van der Waals surface area contributed by atoms with E-state index < -0.39 is 0 Å². The highest BCUT2D eigenvalue weighted by atomic mass is 32.1. The molecule has 124 valence electrons. The summed E-state index contributed by atoms with van der Waals surface area (Å²) in [5.41, 5.74) is 4.33. The summed E-state index contributed by atoms with van der Waals surface area (Å²) in [5, 5.41) is 1.08. The number of anilines is 2. The number of hydrogen-bond donors (Lipinski definition) is 0. The Morgan fingerprint density at radius 1 is 0.917 bits per heavy atom. The van der Waals surface area contributed by atoms with Crippen molar-refractivity contribution in [3.8, 4) is 0 Å². The van der Waals surface area contributed by atoms with Crippen LogP contribution in [0.1, 0.15) is 11.1 Å². The Kier molecular flexibility index (Phi) is 3.88. The number of fused-ring (bicyclic) bond motifs is 1. The topological polar surface area (TPSA) is 19.4 Å². The number of thiazole rings is 1. The molecule has 3 nitrogen and oxygen atoms in total. The molecule has 3 aromatic rings. The van der Waals surface area contributed by atoms with Crippen molar-refractivity contribution in [3.63, 3.8) is 0 Å². The van der Waals surface area contributed by atoms with E-state index in [-0.39, 0.29) is 5.82 Å². The number of hydrogen-bond acceptors (Lipinski definition) is 4. The number of aromatic nitrogens is 1. The molecule has 0 amide bonds. The predicted octanol–water partition coefficient (Wildman–Crippen LogP) is 4.38.